The van der Waals surface area contributed by atoms with Crippen LogP contribution in [0.3, 0.4) is 0 Å². The minimum absolute atomic E-state index is 0.0755. The van der Waals surface area contributed by atoms with Crippen molar-refractivity contribution in [3.8, 4) is 17.2 Å². The number of ether oxygens (including phenoxy) is 1. The van der Waals surface area contributed by atoms with E-state index in [4.69, 9.17) is 9.26 Å². The van der Waals surface area contributed by atoms with Gasteiger partial charge >= 0.3 is 0 Å². The highest BCUT2D eigenvalue weighted by molar-refractivity contribution is 5.96. The van der Waals surface area contributed by atoms with Crippen LogP contribution in [0.15, 0.2) is 47.0 Å². The maximum atomic E-state index is 13.9. The van der Waals surface area contributed by atoms with Gasteiger partial charge in [-0.15, -0.1) is 0 Å². The normalized spacial score (nSPS) is 16.8. The number of anilines is 1. The van der Waals surface area contributed by atoms with Gasteiger partial charge in [0, 0.05) is 24.6 Å². The zero-order valence-electron chi connectivity index (χ0n) is 14.4. The minimum atomic E-state index is -0.658. The summed E-state index contributed by atoms with van der Waals surface area (Å²) in [4.78, 5) is 18.2. The second-order valence-corrected chi connectivity index (χ2v) is 6.19. The molecular formula is C19H15F2N3O3. The maximum Gasteiger partial charge on any atom is 0.261 e. The van der Waals surface area contributed by atoms with Gasteiger partial charge in [0.2, 0.25) is 5.91 Å². The monoisotopic (exact) mass is 371 g/mol. The Bertz CT molecular complexity index is 988. The van der Waals surface area contributed by atoms with Crippen LogP contribution in [-0.2, 0) is 4.79 Å². The van der Waals surface area contributed by atoms with E-state index >= 15 is 0 Å². The molecule has 138 valence electrons. The summed E-state index contributed by atoms with van der Waals surface area (Å²) in [7, 11) is 1.57. The van der Waals surface area contributed by atoms with E-state index < -0.39 is 11.6 Å². The standard InChI is InChI=1S/C19H15F2N3O3/c1-26-14-5-3-13(4-6-14)24-10-11(8-17(24)25)18-22-19(27-23-18)15-9-12(20)2-7-16(15)21/h2-7,9,11H,8,10H2,1H3/t11-/m1/s1. The van der Waals surface area contributed by atoms with Crippen LogP contribution < -0.4 is 9.64 Å². The average Bonchev–Trinajstić information content (AvgIpc) is 3.31. The molecule has 2 heterocycles. The Balaban J connectivity index is 1.56. The topological polar surface area (TPSA) is 68.5 Å². The lowest BCUT2D eigenvalue weighted by Crippen LogP contribution is -2.24. The molecule has 1 amide bonds. The van der Waals surface area contributed by atoms with E-state index in [9.17, 15) is 13.6 Å². The van der Waals surface area contributed by atoms with Crippen molar-refractivity contribution in [3.05, 3.63) is 59.9 Å². The largest absolute Gasteiger partial charge is 0.497 e. The van der Waals surface area contributed by atoms with Crippen molar-refractivity contribution >= 4 is 11.6 Å². The van der Waals surface area contributed by atoms with Gasteiger partial charge in [-0.3, -0.25) is 4.79 Å². The number of methoxy groups -OCH3 is 1. The van der Waals surface area contributed by atoms with E-state index in [1.807, 2.05) is 0 Å². The maximum absolute atomic E-state index is 13.9. The number of hydrogen-bond donors (Lipinski definition) is 0. The predicted molar refractivity (Wildman–Crippen MR) is 92.4 cm³/mol. The molecule has 0 spiro atoms. The summed E-state index contributed by atoms with van der Waals surface area (Å²) in [6.07, 6.45) is 0.205. The van der Waals surface area contributed by atoms with Crippen molar-refractivity contribution in [1.29, 1.82) is 0 Å². The van der Waals surface area contributed by atoms with Gasteiger partial charge in [0.05, 0.1) is 12.7 Å². The number of carbonyl (C=O) groups is 1. The number of halogens is 2. The zero-order chi connectivity index (χ0) is 19.0. The highest BCUT2D eigenvalue weighted by Gasteiger charge is 2.34. The lowest BCUT2D eigenvalue weighted by atomic mass is 10.1. The van der Waals surface area contributed by atoms with Crippen molar-refractivity contribution < 1.29 is 22.8 Å². The van der Waals surface area contributed by atoms with Crippen molar-refractivity contribution in [1.82, 2.24) is 10.1 Å². The highest BCUT2D eigenvalue weighted by Crippen LogP contribution is 2.32. The number of carbonyl (C=O) groups excluding carboxylic acids is 1. The average molecular weight is 371 g/mol. The van der Waals surface area contributed by atoms with Crippen LogP contribution in [0.5, 0.6) is 5.75 Å². The molecule has 1 aliphatic heterocycles. The Morgan fingerprint density at radius 1 is 1.19 bits per heavy atom. The first kappa shape index (κ1) is 17.1. The molecule has 1 aromatic heterocycles. The van der Waals surface area contributed by atoms with Crippen LogP contribution in [0.2, 0.25) is 0 Å². The summed E-state index contributed by atoms with van der Waals surface area (Å²) in [5.74, 6) is -0.763. The van der Waals surface area contributed by atoms with E-state index in [-0.39, 0.29) is 35.5 Å². The van der Waals surface area contributed by atoms with Crippen LogP contribution in [0.25, 0.3) is 11.5 Å². The number of benzene rings is 2. The molecule has 1 aliphatic rings. The molecule has 0 bridgehead atoms. The molecule has 0 saturated carbocycles. The molecule has 1 atom stereocenters. The molecule has 8 heteroatoms. The number of amides is 1. The molecule has 0 radical (unpaired) electrons. The third-order valence-corrected chi connectivity index (χ3v) is 4.47. The van der Waals surface area contributed by atoms with Crippen molar-refractivity contribution in [2.45, 2.75) is 12.3 Å². The number of hydrogen-bond acceptors (Lipinski definition) is 5. The summed E-state index contributed by atoms with van der Waals surface area (Å²) >= 11 is 0. The summed E-state index contributed by atoms with van der Waals surface area (Å²) < 4.78 is 37.5. The Morgan fingerprint density at radius 2 is 1.96 bits per heavy atom. The van der Waals surface area contributed by atoms with Crippen molar-refractivity contribution in [2.75, 3.05) is 18.6 Å². The van der Waals surface area contributed by atoms with Gasteiger partial charge in [-0.1, -0.05) is 5.16 Å². The van der Waals surface area contributed by atoms with Crippen molar-refractivity contribution in [3.63, 3.8) is 0 Å². The molecule has 0 aliphatic carbocycles. The van der Waals surface area contributed by atoms with Crippen LogP contribution in [-0.4, -0.2) is 29.7 Å². The van der Waals surface area contributed by atoms with Gasteiger partial charge in [0.1, 0.15) is 17.4 Å². The molecule has 1 fully saturated rings. The van der Waals surface area contributed by atoms with Gasteiger partial charge in [0.15, 0.2) is 5.82 Å². The SMILES string of the molecule is COc1ccc(N2C[C@H](c3noc(-c4cc(F)ccc4F)n3)CC2=O)cc1. The lowest BCUT2D eigenvalue weighted by molar-refractivity contribution is -0.117. The van der Waals surface area contributed by atoms with E-state index in [1.54, 1.807) is 36.3 Å². The first-order chi connectivity index (χ1) is 13.0. The van der Waals surface area contributed by atoms with Gasteiger partial charge in [-0.25, -0.2) is 8.78 Å². The van der Waals surface area contributed by atoms with Crippen LogP contribution in [0.1, 0.15) is 18.2 Å². The summed E-state index contributed by atoms with van der Waals surface area (Å²) in [5.41, 5.74) is 0.633. The molecule has 0 N–H and O–H groups in total. The number of aromatic nitrogens is 2. The van der Waals surface area contributed by atoms with Crippen molar-refractivity contribution in [2.24, 2.45) is 0 Å². The Morgan fingerprint density at radius 3 is 2.70 bits per heavy atom. The van der Waals surface area contributed by atoms with E-state index in [2.05, 4.69) is 10.1 Å². The summed E-state index contributed by atoms with van der Waals surface area (Å²) in [6, 6.07) is 10.1. The number of rotatable bonds is 4. The second kappa shape index (κ2) is 6.79. The Labute approximate surface area is 153 Å². The molecule has 6 nitrogen and oxygen atoms in total. The third-order valence-electron chi connectivity index (χ3n) is 4.47. The third kappa shape index (κ3) is 3.25. The first-order valence-electron chi connectivity index (χ1n) is 8.28. The fourth-order valence-electron chi connectivity index (χ4n) is 3.06. The minimum Gasteiger partial charge on any atom is -0.497 e. The van der Waals surface area contributed by atoms with E-state index in [0.29, 0.717) is 12.3 Å². The van der Waals surface area contributed by atoms with Gasteiger partial charge in [0.25, 0.3) is 5.89 Å². The highest BCUT2D eigenvalue weighted by atomic mass is 19.1. The lowest BCUT2D eigenvalue weighted by Gasteiger charge is -2.16. The first-order valence-corrected chi connectivity index (χ1v) is 8.28. The smallest absolute Gasteiger partial charge is 0.261 e. The molecule has 0 unspecified atom stereocenters. The Hall–Kier alpha value is -3.29. The summed E-state index contributed by atoms with van der Waals surface area (Å²) in [5, 5.41) is 3.86. The van der Waals surface area contributed by atoms with Crippen LogP contribution >= 0.6 is 0 Å². The van der Waals surface area contributed by atoms with E-state index in [0.717, 1.165) is 23.9 Å². The number of nitrogens with zero attached hydrogens (tertiary/aromatic N) is 3. The van der Waals surface area contributed by atoms with Gasteiger partial charge in [-0.2, -0.15) is 4.98 Å². The fourth-order valence-corrected chi connectivity index (χ4v) is 3.06. The fraction of sp³-hybridized carbons (Fsp3) is 0.211. The predicted octanol–water partition coefficient (Wildman–Crippen LogP) is 3.54. The molecule has 4 rings (SSSR count). The molecular weight excluding hydrogens is 356 g/mol. The Kier molecular flexibility index (Phi) is 4.31. The van der Waals surface area contributed by atoms with Crippen LogP contribution in [0, 0.1) is 11.6 Å². The molecule has 1 saturated heterocycles. The molecule has 2 aromatic carbocycles. The zero-order valence-corrected chi connectivity index (χ0v) is 14.4. The summed E-state index contributed by atoms with van der Waals surface area (Å²) in [6.45, 7) is 0.371. The quantitative estimate of drug-likeness (QED) is 0.702. The molecule has 27 heavy (non-hydrogen) atoms. The second-order valence-electron chi connectivity index (χ2n) is 6.19. The van der Waals surface area contributed by atoms with Gasteiger partial charge < -0.3 is 14.2 Å². The van der Waals surface area contributed by atoms with Gasteiger partial charge in [-0.05, 0) is 42.5 Å². The molecule has 3 aromatic rings. The van der Waals surface area contributed by atoms with Crippen LogP contribution in [0.4, 0.5) is 14.5 Å². The van der Waals surface area contributed by atoms with E-state index in [1.165, 1.54) is 0 Å².